The van der Waals surface area contributed by atoms with Crippen LogP contribution in [0.2, 0.25) is 0 Å². The molecule has 0 N–H and O–H groups in total. The van der Waals surface area contributed by atoms with Crippen molar-refractivity contribution in [2.45, 2.75) is 119 Å². The lowest BCUT2D eigenvalue weighted by molar-refractivity contribution is -0.238. The highest BCUT2D eigenvalue weighted by Crippen LogP contribution is 2.77. The second-order valence-electron chi connectivity index (χ2n) is 16.9. The zero-order chi connectivity index (χ0) is 30.8. The summed E-state index contributed by atoms with van der Waals surface area (Å²) in [5.74, 6) is 1.23. The quantitative estimate of drug-likeness (QED) is 0.155. The van der Waals surface area contributed by atoms with Gasteiger partial charge in [-0.25, -0.2) is 0 Å². The van der Waals surface area contributed by atoms with Crippen LogP contribution in [0.15, 0.2) is 25.3 Å². The first-order chi connectivity index (χ1) is 19.6. The molecule has 0 aromatic heterocycles. The lowest BCUT2D eigenvalue weighted by Crippen LogP contribution is -2.67. The molecule has 9 atom stereocenters. The molecular weight excluding hydrogens is 524 g/mol. The SMILES string of the molecule is C=CCCOC(=O)C[C@]1(C)[C@H]2CC[C@@H]3[C@H]4[C@H]5OC[C@@]4(CCC5(C)C)CC[C@@]3(C)[C@]2(C)CC[C@H]1C(C)(C)C(=O)OCC=C. The van der Waals surface area contributed by atoms with Crippen molar-refractivity contribution in [1.82, 2.24) is 0 Å². The van der Waals surface area contributed by atoms with Gasteiger partial charge in [-0.2, -0.15) is 0 Å². The van der Waals surface area contributed by atoms with Gasteiger partial charge in [0.05, 0.1) is 31.2 Å². The summed E-state index contributed by atoms with van der Waals surface area (Å²) >= 11 is 0. The third-order valence-corrected chi connectivity index (χ3v) is 14.2. The van der Waals surface area contributed by atoms with Gasteiger partial charge in [-0.15, -0.1) is 6.58 Å². The number of carbonyl (C=O) groups is 2. The van der Waals surface area contributed by atoms with Crippen LogP contribution in [-0.2, 0) is 23.8 Å². The fourth-order valence-corrected chi connectivity index (χ4v) is 11.8. The monoisotopic (exact) mass is 582 g/mol. The fraction of sp³-hybridized carbons (Fsp3) is 0.838. The van der Waals surface area contributed by atoms with Crippen LogP contribution in [0.4, 0.5) is 0 Å². The van der Waals surface area contributed by atoms with Gasteiger partial charge in [0.15, 0.2) is 0 Å². The summed E-state index contributed by atoms with van der Waals surface area (Å²) in [5, 5.41) is 0. The highest BCUT2D eigenvalue weighted by Gasteiger charge is 2.72. The van der Waals surface area contributed by atoms with E-state index in [0.29, 0.717) is 48.7 Å². The Balaban J connectivity index is 1.52. The van der Waals surface area contributed by atoms with Crippen molar-refractivity contribution < 1.29 is 23.8 Å². The van der Waals surface area contributed by atoms with Gasteiger partial charge >= 0.3 is 11.9 Å². The number of fused-ring (bicyclic) bond motifs is 3. The zero-order valence-electron chi connectivity index (χ0n) is 27.7. The van der Waals surface area contributed by atoms with E-state index in [-0.39, 0.29) is 46.1 Å². The minimum Gasteiger partial charge on any atom is -0.465 e. The van der Waals surface area contributed by atoms with E-state index in [9.17, 15) is 9.59 Å². The molecule has 5 nitrogen and oxygen atoms in total. The Bertz CT molecular complexity index is 1090. The molecule has 42 heavy (non-hydrogen) atoms. The van der Waals surface area contributed by atoms with Gasteiger partial charge < -0.3 is 14.2 Å². The molecule has 0 spiro atoms. The number of hydrogen-bond donors (Lipinski definition) is 0. The molecule has 0 aromatic carbocycles. The molecule has 5 heteroatoms. The van der Waals surface area contributed by atoms with Gasteiger partial charge in [0.25, 0.3) is 0 Å². The largest absolute Gasteiger partial charge is 0.465 e. The average Bonchev–Trinajstić information content (AvgIpc) is 3.26. The minimum absolute atomic E-state index is 0.00977. The van der Waals surface area contributed by atoms with Crippen LogP contribution in [0.3, 0.4) is 0 Å². The second kappa shape index (κ2) is 10.8. The number of hydrogen-bond acceptors (Lipinski definition) is 5. The first-order valence-electron chi connectivity index (χ1n) is 16.8. The third-order valence-electron chi connectivity index (χ3n) is 14.2. The van der Waals surface area contributed by atoms with E-state index in [1.54, 1.807) is 12.2 Å². The first-order valence-corrected chi connectivity index (χ1v) is 16.8. The molecule has 2 bridgehead atoms. The summed E-state index contributed by atoms with van der Waals surface area (Å²) < 4.78 is 18.1. The molecule has 0 amide bonds. The van der Waals surface area contributed by atoms with E-state index in [4.69, 9.17) is 14.2 Å². The summed E-state index contributed by atoms with van der Waals surface area (Å²) in [5.41, 5.74) is -0.325. The normalized spacial score (nSPS) is 43.7. The van der Waals surface area contributed by atoms with Crippen LogP contribution < -0.4 is 0 Å². The molecule has 4 aliphatic carbocycles. The predicted molar refractivity (Wildman–Crippen MR) is 166 cm³/mol. The Morgan fingerprint density at radius 2 is 1.62 bits per heavy atom. The maximum Gasteiger partial charge on any atom is 0.312 e. The summed E-state index contributed by atoms with van der Waals surface area (Å²) in [6, 6.07) is 0. The second-order valence-corrected chi connectivity index (χ2v) is 16.9. The molecular formula is C37H58O5. The molecule has 4 saturated carbocycles. The van der Waals surface area contributed by atoms with Crippen molar-refractivity contribution in [3.05, 3.63) is 25.3 Å². The van der Waals surface area contributed by atoms with Gasteiger partial charge in [-0.3, -0.25) is 9.59 Å². The van der Waals surface area contributed by atoms with Crippen molar-refractivity contribution >= 4 is 11.9 Å². The van der Waals surface area contributed by atoms with Gasteiger partial charge in [-0.05, 0) is 122 Å². The smallest absolute Gasteiger partial charge is 0.312 e. The molecule has 5 fully saturated rings. The Morgan fingerprint density at radius 1 is 0.905 bits per heavy atom. The van der Waals surface area contributed by atoms with E-state index in [1.165, 1.54) is 32.1 Å². The Kier molecular flexibility index (Phi) is 8.16. The molecule has 5 aliphatic rings. The zero-order valence-corrected chi connectivity index (χ0v) is 27.7. The lowest BCUT2D eigenvalue weighted by Gasteiger charge is -2.72. The van der Waals surface area contributed by atoms with Crippen molar-refractivity contribution in [2.75, 3.05) is 19.8 Å². The van der Waals surface area contributed by atoms with Crippen LogP contribution in [0, 0.1) is 56.2 Å². The van der Waals surface area contributed by atoms with Gasteiger partial charge in [0.1, 0.15) is 6.61 Å². The van der Waals surface area contributed by atoms with E-state index in [1.807, 2.05) is 13.8 Å². The first kappa shape index (κ1) is 31.8. The number of ether oxygens (including phenoxy) is 3. The Labute approximate surface area is 255 Å². The lowest BCUT2D eigenvalue weighted by atomic mass is 9.32. The molecule has 1 saturated heterocycles. The summed E-state index contributed by atoms with van der Waals surface area (Å²) in [6.07, 6.45) is 14.0. The molecule has 236 valence electrons. The van der Waals surface area contributed by atoms with Crippen molar-refractivity contribution in [3.63, 3.8) is 0 Å². The van der Waals surface area contributed by atoms with Crippen LogP contribution in [0.1, 0.15) is 113 Å². The summed E-state index contributed by atoms with van der Waals surface area (Å²) in [6.45, 7) is 25.4. The van der Waals surface area contributed by atoms with E-state index >= 15 is 0 Å². The molecule has 0 aromatic rings. The molecule has 5 rings (SSSR count). The van der Waals surface area contributed by atoms with Gasteiger partial charge in [-0.1, -0.05) is 53.3 Å². The van der Waals surface area contributed by atoms with Crippen LogP contribution in [0.5, 0.6) is 0 Å². The molecule has 0 unspecified atom stereocenters. The topological polar surface area (TPSA) is 61.8 Å². The number of rotatable bonds is 9. The van der Waals surface area contributed by atoms with E-state index in [2.05, 4.69) is 47.8 Å². The van der Waals surface area contributed by atoms with E-state index in [0.717, 1.165) is 25.9 Å². The van der Waals surface area contributed by atoms with Crippen molar-refractivity contribution in [3.8, 4) is 0 Å². The number of esters is 2. The molecule has 1 aliphatic heterocycles. The summed E-state index contributed by atoms with van der Waals surface area (Å²) in [4.78, 5) is 27.0. The Hall–Kier alpha value is -1.62. The summed E-state index contributed by atoms with van der Waals surface area (Å²) in [7, 11) is 0. The average molecular weight is 583 g/mol. The standard InChI is InChI=1S/C37H58O5/c1-10-12-22-40-28(38)23-34(7)26(33(5,6)31(39)41-21-11-2)15-16-36(9)27(34)14-13-25-29-30-32(3,4)17-19-37(29,24-42-30)20-18-35(25,36)8/h10-11,25-27,29-30H,1-2,12-24H2,3-9H3/t25-,26+,27-,29+,30-,34+,35-,36-,37-/m1/s1. The maximum atomic E-state index is 13.5. The highest BCUT2D eigenvalue weighted by atomic mass is 16.5. The third kappa shape index (κ3) is 4.57. The van der Waals surface area contributed by atoms with Gasteiger partial charge in [0, 0.05) is 0 Å². The fourth-order valence-electron chi connectivity index (χ4n) is 11.8. The predicted octanol–water partition coefficient (Wildman–Crippen LogP) is 8.32. The van der Waals surface area contributed by atoms with E-state index < -0.39 is 5.41 Å². The minimum atomic E-state index is -0.727. The highest BCUT2D eigenvalue weighted by molar-refractivity contribution is 5.77. The molecule has 1 heterocycles. The molecule has 0 radical (unpaired) electrons. The van der Waals surface area contributed by atoms with Crippen LogP contribution in [0.25, 0.3) is 0 Å². The van der Waals surface area contributed by atoms with Crippen molar-refractivity contribution in [2.24, 2.45) is 56.2 Å². The van der Waals surface area contributed by atoms with Crippen LogP contribution in [-0.4, -0.2) is 37.9 Å². The maximum absolute atomic E-state index is 13.5. The van der Waals surface area contributed by atoms with Crippen molar-refractivity contribution in [1.29, 1.82) is 0 Å². The van der Waals surface area contributed by atoms with Gasteiger partial charge in [0.2, 0.25) is 0 Å². The van der Waals surface area contributed by atoms with Crippen LogP contribution >= 0.6 is 0 Å². The Morgan fingerprint density at radius 3 is 2.31 bits per heavy atom. The number of carbonyl (C=O) groups excluding carboxylic acids is 2.